The van der Waals surface area contributed by atoms with Gasteiger partial charge in [-0.25, -0.2) is 4.68 Å². The summed E-state index contributed by atoms with van der Waals surface area (Å²) >= 11 is 0. The molecule has 0 atom stereocenters. The molecule has 112 valence electrons. The topological polar surface area (TPSA) is 37.8 Å². The van der Waals surface area contributed by atoms with Gasteiger partial charge in [-0.1, -0.05) is 55.0 Å². The number of nitrogens with zero attached hydrogens (tertiary/aromatic N) is 1. The third-order valence-corrected chi connectivity index (χ3v) is 4.04. The number of hydrogen-bond donors (Lipinski definition) is 1. The van der Waals surface area contributed by atoms with Gasteiger partial charge in [0.2, 0.25) is 0 Å². The molecule has 0 aliphatic rings. The molecule has 3 aromatic rings. The fraction of sp³-hybridized carbons (Fsp3) is 0.211. The van der Waals surface area contributed by atoms with Gasteiger partial charge in [0.1, 0.15) is 0 Å². The Hall–Kier alpha value is -2.55. The van der Waals surface area contributed by atoms with E-state index in [0.717, 1.165) is 28.1 Å². The average molecular weight is 292 g/mol. The van der Waals surface area contributed by atoms with Crippen molar-refractivity contribution in [2.45, 2.75) is 27.2 Å². The lowest BCUT2D eigenvalue weighted by Crippen LogP contribution is -2.17. The summed E-state index contributed by atoms with van der Waals surface area (Å²) in [4.78, 5) is 12.7. The largest absolute Gasteiger partial charge is 0.290 e. The first-order valence-electron chi connectivity index (χ1n) is 7.58. The van der Waals surface area contributed by atoms with Crippen LogP contribution in [-0.2, 0) is 6.42 Å². The van der Waals surface area contributed by atoms with Gasteiger partial charge in [-0.2, -0.15) is 0 Å². The maximum atomic E-state index is 12.7. The number of nitrogens with one attached hydrogen (secondary N) is 1. The summed E-state index contributed by atoms with van der Waals surface area (Å²) in [5.41, 5.74) is 6.01. The van der Waals surface area contributed by atoms with Crippen molar-refractivity contribution in [3.05, 3.63) is 75.6 Å². The zero-order valence-electron chi connectivity index (χ0n) is 13.2. The van der Waals surface area contributed by atoms with Crippen LogP contribution in [0.2, 0.25) is 0 Å². The second-order valence-electron chi connectivity index (χ2n) is 5.61. The number of para-hydroxylation sites is 1. The SMILES string of the molecule is CCc1c(-c2ccc(C)cc2)[nH]n(-c2ccccc2C)c1=O. The Labute approximate surface area is 130 Å². The normalized spacial score (nSPS) is 10.9. The van der Waals surface area contributed by atoms with E-state index in [1.54, 1.807) is 4.68 Å². The van der Waals surface area contributed by atoms with E-state index in [1.807, 2.05) is 38.1 Å². The third-order valence-electron chi connectivity index (χ3n) is 4.04. The molecule has 0 radical (unpaired) electrons. The zero-order chi connectivity index (χ0) is 15.7. The zero-order valence-corrected chi connectivity index (χ0v) is 13.2. The van der Waals surface area contributed by atoms with Crippen molar-refractivity contribution < 1.29 is 0 Å². The van der Waals surface area contributed by atoms with Crippen molar-refractivity contribution >= 4 is 0 Å². The summed E-state index contributed by atoms with van der Waals surface area (Å²) in [6, 6.07) is 16.2. The minimum atomic E-state index is 0.0346. The van der Waals surface area contributed by atoms with Gasteiger partial charge in [-0.15, -0.1) is 0 Å². The number of H-pyrrole nitrogens is 1. The van der Waals surface area contributed by atoms with E-state index in [-0.39, 0.29) is 5.56 Å². The first kappa shape index (κ1) is 14.4. The third kappa shape index (κ3) is 2.39. The Kier molecular flexibility index (Phi) is 3.72. The van der Waals surface area contributed by atoms with Crippen molar-refractivity contribution in [1.29, 1.82) is 0 Å². The van der Waals surface area contributed by atoms with Gasteiger partial charge in [0.25, 0.3) is 5.56 Å². The molecule has 0 spiro atoms. The lowest BCUT2D eigenvalue weighted by atomic mass is 10.1. The Morgan fingerprint density at radius 2 is 1.68 bits per heavy atom. The summed E-state index contributed by atoms with van der Waals surface area (Å²) in [5, 5.41) is 3.30. The highest BCUT2D eigenvalue weighted by atomic mass is 16.1. The van der Waals surface area contributed by atoms with Crippen molar-refractivity contribution in [1.82, 2.24) is 9.78 Å². The van der Waals surface area contributed by atoms with Crippen molar-refractivity contribution in [2.75, 3.05) is 0 Å². The van der Waals surface area contributed by atoms with E-state index in [1.165, 1.54) is 5.56 Å². The van der Waals surface area contributed by atoms with Gasteiger partial charge in [0.15, 0.2) is 0 Å². The molecule has 3 heteroatoms. The number of aromatic nitrogens is 2. The van der Waals surface area contributed by atoms with Crippen LogP contribution in [0.15, 0.2) is 53.3 Å². The monoisotopic (exact) mass is 292 g/mol. The highest BCUT2D eigenvalue weighted by Gasteiger charge is 2.15. The molecule has 1 aromatic heterocycles. The molecule has 0 saturated carbocycles. The highest BCUT2D eigenvalue weighted by Crippen LogP contribution is 2.22. The van der Waals surface area contributed by atoms with Crippen LogP contribution in [0.1, 0.15) is 23.6 Å². The first-order valence-corrected chi connectivity index (χ1v) is 7.58. The molecule has 2 aromatic carbocycles. The second-order valence-corrected chi connectivity index (χ2v) is 5.61. The number of rotatable bonds is 3. The molecule has 1 heterocycles. The van der Waals surface area contributed by atoms with Gasteiger partial charge in [0.05, 0.1) is 11.4 Å². The summed E-state index contributed by atoms with van der Waals surface area (Å²) < 4.78 is 1.66. The molecule has 0 unspecified atom stereocenters. The molecule has 1 N–H and O–H groups in total. The van der Waals surface area contributed by atoms with Crippen LogP contribution in [0.25, 0.3) is 16.9 Å². The quantitative estimate of drug-likeness (QED) is 0.778. The molecule has 0 aliphatic carbocycles. The van der Waals surface area contributed by atoms with E-state index >= 15 is 0 Å². The summed E-state index contributed by atoms with van der Waals surface area (Å²) in [7, 11) is 0. The molecule has 3 rings (SSSR count). The summed E-state index contributed by atoms with van der Waals surface area (Å²) in [6.07, 6.45) is 0.706. The van der Waals surface area contributed by atoms with E-state index in [0.29, 0.717) is 6.42 Å². The number of aromatic amines is 1. The van der Waals surface area contributed by atoms with Crippen molar-refractivity contribution in [3.63, 3.8) is 0 Å². The molecule has 0 fully saturated rings. The maximum Gasteiger partial charge on any atom is 0.275 e. The van der Waals surface area contributed by atoms with Crippen LogP contribution in [0.4, 0.5) is 0 Å². The summed E-state index contributed by atoms with van der Waals surface area (Å²) in [5.74, 6) is 0. The molecule has 0 amide bonds. The minimum absolute atomic E-state index is 0.0346. The Morgan fingerprint density at radius 1 is 1.00 bits per heavy atom. The fourth-order valence-corrected chi connectivity index (χ4v) is 2.74. The van der Waals surface area contributed by atoms with Gasteiger partial charge >= 0.3 is 0 Å². The smallest absolute Gasteiger partial charge is 0.275 e. The van der Waals surface area contributed by atoms with E-state index in [2.05, 4.69) is 36.3 Å². The lowest BCUT2D eigenvalue weighted by Gasteiger charge is -2.05. The number of aryl methyl sites for hydroxylation is 2. The fourth-order valence-electron chi connectivity index (χ4n) is 2.74. The van der Waals surface area contributed by atoms with E-state index in [4.69, 9.17) is 0 Å². The molecular formula is C19H20N2O. The van der Waals surface area contributed by atoms with Crippen LogP contribution in [0.5, 0.6) is 0 Å². The highest BCUT2D eigenvalue weighted by molar-refractivity contribution is 5.63. The Morgan fingerprint density at radius 3 is 2.32 bits per heavy atom. The van der Waals surface area contributed by atoms with Gasteiger partial charge in [0, 0.05) is 5.56 Å². The van der Waals surface area contributed by atoms with Gasteiger partial charge < -0.3 is 0 Å². The van der Waals surface area contributed by atoms with Crippen LogP contribution < -0.4 is 5.56 Å². The molecule has 22 heavy (non-hydrogen) atoms. The van der Waals surface area contributed by atoms with Crippen LogP contribution in [0.3, 0.4) is 0 Å². The minimum Gasteiger partial charge on any atom is -0.290 e. The van der Waals surface area contributed by atoms with E-state index in [9.17, 15) is 4.79 Å². The average Bonchev–Trinajstić information content (AvgIpc) is 2.85. The summed E-state index contributed by atoms with van der Waals surface area (Å²) in [6.45, 7) is 6.09. The van der Waals surface area contributed by atoms with E-state index < -0.39 is 0 Å². The van der Waals surface area contributed by atoms with Gasteiger partial charge in [-0.3, -0.25) is 9.89 Å². The van der Waals surface area contributed by atoms with Crippen molar-refractivity contribution in [2.24, 2.45) is 0 Å². The predicted octanol–water partition coefficient (Wildman–Crippen LogP) is 4.01. The molecule has 0 aliphatic heterocycles. The van der Waals surface area contributed by atoms with Crippen LogP contribution in [-0.4, -0.2) is 9.78 Å². The molecule has 3 nitrogen and oxygen atoms in total. The molecule has 0 saturated heterocycles. The van der Waals surface area contributed by atoms with Crippen LogP contribution >= 0.6 is 0 Å². The number of hydrogen-bond acceptors (Lipinski definition) is 1. The van der Waals surface area contributed by atoms with Crippen molar-refractivity contribution in [3.8, 4) is 16.9 Å². The Bertz CT molecular complexity index is 854. The second kappa shape index (κ2) is 5.68. The van der Waals surface area contributed by atoms with Crippen LogP contribution in [0, 0.1) is 13.8 Å². The standard InChI is InChI=1S/C19H20N2O/c1-4-16-18(15-11-9-13(2)10-12-15)20-21(19(16)22)17-8-6-5-7-14(17)3/h5-12,20H,4H2,1-3H3. The lowest BCUT2D eigenvalue weighted by molar-refractivity contribution is 0.842. The molecular weight excluding hydrogens is 272 g/mol. The maximum absolute atomic E-state index is 12.7. The Balaban J connectivity index is 2.22. The van der Waals surface area contributed by atoms with Gasteiger partial charge in [-0.05, 0) is 37.5 Å². The molecule has 0 bridgehead atoms. The number of benzene rings is 2. The first-order chi connectivity index (χ1) is 10.6. The predicted molar refractivity (Wildman–Crippen MR) is 90.7 cm³/mol.